The van der Waals surface area contributed by atoms with Gasteiger partial charge in [0.2, 0.25) is 5.91 Å². The molecule has 6 nitrogen and oxygen atoms in total. The van der Waals surface area contributed by atoms with Gasteiger partial charge in [-0.2, -0.15) is 5.10 Å². The molecule has 6 heteroatoms. The average Bonchev–Trinajstić information content (AvgIpc) is 3.42. The molecule has 2 aromatic carbocycles. The first-order valence-electron chi connectivity index (χ1n) is 9.40. The third-order valence-electron chi connectivity index (χ3n) is 4.77. The molecule has 4 rings (SSSR count). The molecule has 0 saturated heterocycles. The molecule has 1 aliphatic carbocycles. The maximum absolute atomic E-state index is 12.6. The summed E-state index contributed by atoms with van der Waals surface area (Å²) in [5.41, 5.74) is 3.81. The van der Waals surface area contributed by atoms with Crippen molar-refractivity contribution in [1.82, 2.24) is 15.1 Å². The molecule has 1 saturated carbocycles. The molecule has 1 aromatic heterocycles. The third-order valence-corrected chi connectivity index (χ3v) is 4.77. The molecule has 1 heterocycles. The Kier molecular flexibility index (Phi) is 4.93. The smallest absolute Gasteiger partial charge is 0.259 e. The Labute approximate surface area is 163 Å². The van der Waals surface area contributed by atoms with Crippen LogP contribution < -0.4 is 10.6 Å². The normalized spacial score (nSPS) is 13.2. The van der Waals surface area contributed by atoms with Crippen LogP contribution in [0, 0.1) is 6.92 Å². The number of para-hydroxylation sites is 1. The highest BCUT2D eigenvalue weighted by molar-refractivity contribution is 6.05. The molecular weight excluding hydrogens is 352 g/mol. The van der Waals surface area contributed by atoms with E-state index in [4.69, 9.17) is 0 Å². The maximum Gasteiger partial charge on any atom is 0.259 e. The lowest BCUT2D eigenvalue weighted by atomic mass is 10.1. The van der Waals surface area contributed by atoms with Gasteiger partial charge in [-0.3, -0.25) is 9.59 Å². The number of hydrogen-bond acceptors (Lipinski definition) is 3. The molecule has 0 radical (unpaired) electrons. The van der Waals surface area contributed by atoms with Gasteiger partial charge in [0.25, 0.3) is 5.91 Å². The number of nitrogens with one attached hydrogen (secondary N) is 2. The number of amides is 2. The Hall–Kier alpha value is -3.41. The van der Waals surface area contributed by atoms with Crippen LogP contribution >= 0.6 is 0 Å². The van der Waals surface area contributed by atoms with Crippen LogP contribution in [-0.4, -0.2) is 27.6 Å². The van der Waals surface area contributed by atoms with Crippen LogP contribution in [0.4, 0.5) is 5.69 Å². The standard InChI is InChI=1S/C22H22N4O2/c1-15-20(14-23-26(15)19-5-3-2-4-6-19)22(28)25-18-9-7-16(8-10-18)13-21(27)24-17-11-12-17/h2-10,14,17H,11-13H2,1H3,(H,24,27)(H,25,28). The molecule has 142 valence electrons. The average molecular weight is 374 g/mol. The van der Waals surface area contributed by atoms with Crippen LogP contribution in [0.25, 0.3) is 5.69 Å². The van der Waals surface area contributed by atoms with E-state index in [1.54, 1.807) is 10.9 Å². The van der Waals surface area contributed by atoms with E-state index in [-0.39, 0.29) is 11.8 Å². The number of nitrogens with zero attached hydrogens (tertiary/aromatic N) is 2. The Morgan fingerprint density at radius 3 is 2.46 bits per heavy atom. The van der Waals surface area contributed by atoms with Crippen molar-refractivity contribution >= 4 is 17.5 Å². The molecule has 2 amide bonds. The molecule has 0 unspecified atom stereocenters. The van der Waals surface area contributed by atoms with E-state index in [0.717, 1.165) is 29.8 Å². The summed E-state index contributed by atoms with van der Waals surface area (Å²) in [5, 5.41) is 10.2. The first kappa shape index (κ1) is 18.0. The van der Waals surface area contributed by atoms with Gasteiger partial charge in [0.05, 0.1) is 29.6 Å². The zero-order valence-electron chi connectivity index (χ0n) is 15.7. The Morgan fingerprint density at radius 1 is 1.07 bits per heavy atom. The number of carbonyl (C=O) groups is 2. The van der Waals surface area contributed by atoms with Gasteiger partial charge >= 0.3 is 0 Å². The van der Waals surface area contributed by atoms with Gasteiger partial charge in [0, 0.05) is 11.7 Å². The van der Waals surface area contributed by atoms with E-state index >= 15 is 0 Å². The van der Waals surface area contributed by atoms with Gasteiger partial charge < -0.3 is 10.6 Å². The lowest BCUT2D eigenvalue weighted by molar-refractivity contribution is -0.120. The topological polar surface area (TPSA) is 76.0 Å². The summed E-state index contributed by atoms with van der Waals surface area (Å²) >= 11 is 0. The number of rotatable bonds is 6. The number of anilines is 1. The zero-order valence-corrected chi connectivity index (χ0v) is 15.7. The van der Waals surface area contributed by atoms with E-state index in [1.807, 2.05) is 61.5 Å². The van der Waals surface area contributed by atoms with Crippen molar-refractivity contribution in [2.75, 3.05) is 5.32 Å². The second kappa shape index (κ2) is 7.68. The van der Waals surface area contributed by atoms with Crippen LogP contribution in [0.1, 0.15) is 34.5 Å². The molecule has 1 aliphatic rings. The molecule has 2 N–H and O–H groups in total. The van der Waals surface area contributed by atoms with E-state index < -0.39 is 0 Å². The fourth-order valence-corrected chi connectivity index (χ4v) is 3.06. The Bertz CT molecular complexity index is 989. The van der Waals surface area contributed by atoms with E-state index in [2.05, 4.69) is 15.7 Å². The van der Waals surface area contributed by atoms with Crippen LogP contribution in [0.15, 0.2) is 60.8 Å². The first-order valence-corrected chi connectivity index (χ1v) is 9.40. The predicted molar refractivity (Wildman–Crippen MR) is 108 cm³/mol. The summed E-state index contributed by atoms with van der Waals surface area (Å²) in [7, 11) is 0. The third kappa shape index (κ3) is 4.11. The number of benzene rings is 2. The molecule has 28 heavy (non-hydrogen) atoms. The minimum absolute atomic E-state index is 0.0447. The van der Waals surface area contributed by atoms with Gasteiger partial charge in [-0.05, 0) is 49.6 Å². The molecule has 0 bridgehead atoms. The minimum atomic E-state index is -0.209. The maximum atomic E-state index is 12.6. The highest BCUT2D eigenvalue weighted by Gasteiger charge is 2.23. The van der Waals surface area contributed by atoms with Gasteiger partial charge in [-0.15, -0.1) is 0 Å². The molecule has 0 aliphatic heterocycles. The van der Waals surface area contributed by atoms with Crippen LogP contribution in [-0.2, 0) is 11.2 Å². The SMILES string of the molecule is Cc1c(C(=O)Nc2ccc(CC(=O)NC3CC3)cc2)cnn1-c1ccccc1. The highest BCUT2D eigenvalue weighted by atomic mass is 16.2. The van der Waals surface area contributed by atoms with Gasteiger partial charge in [0.15, 0.2) is 0 Å². The zero-order chi connectivity index (χ0) is 19.5. The van der Waals surface area contributed by atoms with Gasteiger partial charge in [-0.25, -0.2) is 4.68 Å². The second-order valence-electron chi connectivity index (χ2n) is 7.06. The van der Waals surface area contributed by atoms with E-state index in [0.29, 0.717) is 23.7 Å². The van der Waals surface area contributed by atoms with E-state index in [9.17, 15) is 9.59 Å². The summed E-state index contributed by atoms with van der Waals surface area (Å²) < 4.78 is 1.75. The minimum Gasteiger partial charge on any atom is -0.353 e. The Morgan fingerprint density at radius 2 is 1.79 bits per heavy atom. The predicted octanol–water partition coefficient (Wildman–Crippen LogP) is 3.25. The van der Waals surface area contributed by atoms with Gasteiger partial charge in [0.1, 0.15) is 0 Å². The number of carbonyl (C=O) groups excluding carboxylic acids is 2. The van der Waals surface area contributed by atoms with Crippen molar-refractivity contribution in [3.05, 3.63) is 77.6 Å². The van der Waals surface area contributed by atoms with Crippen molar-refractivity contribution in [1.29, 1.82) is 0 Å². The first-order chi connectivity index (χ1) is 13.6. The summed E-state index contributed by atoms with van der Waals surface area (Å²) in [6, 6.07) is 17.4. The lowest BCUT2D eigenvalue weighted by Gasteiger charge is -2.08. The fourth-order valence-electron chi connectivity index (χ4n) is 3.06. The number of hydrogen-bond donors (Lipinski definition) is 2. The van der Waals surface area contributed by atoms with Crippen LogP contribution in [0.2, 0.25) is 0 Å². The van der Waals surface area contributed by atoms with Gasteiger partial charge in [-0.1, -0.05) is 30.3 Å². The molecular formula is C22H22N4O2. The van der Waals surface area contributed by atoms with Crippen LogP contribution in [0.3, 0.4) is 0 Å². The Balaban J connectivity index is 1.41. The second-order valence-corrected chi connectivity index (χ2v) is 7.06. The van der Waals surface area contributed by atoms with Crippen molar-refractivity contribution in [3.63, 3.8) is 0 Å². The summed E-state index contributed by atoms with van der Waals surface area (Å²) in [5.74, 6) is -0.165. The summed E-state index contributed by atoms with van der Waals surface area (Å²) in [6.07, 6.45) is 4.09. The highest BCUT2D eigenvalue weighted by Crippen LogP contribution is 2.19. The van der Waals surface area contributed by atoms with Crippen LogP contribution in [0.5, 0.6) is 0 Å². The van der Waals surface area contributed by atoms with Crippen molar-refractivity contribution in [3.8, 4) is 5.69 Å². The summed E-state index contributed by atoms with van der Waals surface area (Å²) in [4.78, 5) is 24.5. The van der Waals surface area contributed by atoms with E-state index in [1.165, 1.54) is 0 Å². The molecule has 3 aromatic rings. The molecule has 1 fully saturated rings. The largest absolute Gasteiger partial charge is 0.353 e. The van der Waals surface area contributed by atoms with Crippen molar-refractivity contribution < 1.29 is 9.59 Å². The quantitative estimate of drug-likeness (QED) is 0.695. The lowest BCUT2D eigenvalue weighted by Crippen LogP contribution is -2.26. The number of aromatic nitrogens is 2. The monoisotopic (exact) mass is 374 g/mol. The van der Waals surface area contributed by atoms with Crippen molar-refractivity contribution in [2.24, 2.45) is 0 Å². The summed E-state index contributed by atoms with van der Waals surface area (Å²) in [6.45, 7) is 1.87. The van der Waals surface area contributed by atoms with Crippen molar-refractivity contribution in [2.45, 2.75) is 32.2 Å². The molecule has 0 atom stereocenters. The fraction of sp³-hybridized carbons (Fsp3) is 0.227. The molecule has 0 spiro atoms.